The highest BCUT2D eigenvalue weighted by molar-refractivity contribution is 7.17. The summed E-state index contributed by atoms with van der Waals surface area (Å²) in [4.78, 5) is 4.41. The maximum atomic E-state index is 6.43. The molecule has 2 aromatic heterocycles. The van der Waals surface area contributed by atoms with Crippen LogP contribution in [0.15, 0.2) is 36.0 Å². The molecule has 5 heteroatoms. The first kappa shape index (κ1) is 15.9. The minimum absolute atomic E-state index is 0.250. The van der Waals surface area contributed by atoms with Crippen molar-refractivity contribution in [1.29, 1.82) is 0 Å². The van der Waals surface area contributed by atoms with Crippen LogP contribution in [0.5, 0.6) is 5.75 Å². The number of rotatable bonds is 3. The number of hydrogen-bond donors (Lipinski definition) is 1. The Morgan fingerprint density at radius 1 is 1.21 bits per heavy atom. The summed E-state index contributed by atoms with van der Waals surface area (Å²) in [7, 11) is 0. The Hall–Kier alpha value is -1.62. The van der Waals surface area contributed by atoms with E-state index in [1.54, 1.807) is 11.3 Å². The molecule has 1 aliphatic heterocycles. The molecule has 0 spiro atoms. The summed E-state index contributed by atoms with van der Waals surface area (Å²) < 4.78 is 7.61. The van der Waals surface area contributed by atoms with Crippen LogP contribution >= 0.6 is 22.9 Å². The molecular weight excluding hydrogens is 340 g/mol. The molecule has 1 aliphatic rings. The number of piperidine rings is 1. The van der Waals surface area contributed by atoms with E-state index in [2.05, 4.69) is 28.7 Å². The number of halogens is 1. The number of hydrogen-bond acceptors (Lipinski definition) is 4. The van der Waals surface area contributed by atoms with E-state index < -0.39 is 0 Å². The summed E-state index contributed by atoms with van der Waals surface area (Å²) in [6, 6.07) is 6.11. The fourth-order valence-corrected chi connectivity index (χ4v) is 4.32. The number of ether oxygens (including phenoxy) is 1. The van der Waals surface area contributed by atoms with E-state index in [1.807, 2.05) is 24.5 Å². The number of nitrogens with zero attached hydrogens (tertiary/aromatic N) is 1. The minimum atomic E-state index is 0.250. The van der Waals surface area contributed by atoms with Crippen LogP contribution in [-0.4, -0.2) is 24.2 Å². The summed E-state index contributed by atoms with van der Waals surface area (Å²) in [6.07, 6.45) is 6.13. The predicted octanol–water partition coefficient (Wildman–Crippen LogP) is 5.06. The molecule has 1 aromatic carbocycles. The molecular formula is C19H19ClN2OS. The van der Waals surface area contributed by atoms with Crippen molar-refractivity contribution in [1.82, 2.24) is 10.3 Å². The van der Waals surface area contributed by atoms with Crippen molar-refractivity contribution in [3.8, 4) is 16.9 Å². The fraction of sp³-hybridized carbons (Fsp3) is 0.316. The Kier molecular flexibility index (Phi) is 4.44. The van der Waals surface area contributed by atoms with Gasteiger partial charge in [-0.1, -0.05) is 11.6 Å². The molecule has 3 heterocycles. The Balaban J connectivity index is 1.83. The molecule has 1 fully saturated rings. The van der Waals surface area contributed by atoms with Gasteiger partial charge in [-0.3, -0.25) is 4.98 Å². The van der Waals surface area contributed by atoms with E-state index in [0.29, 0.717) is 0 Å². The van der Waals surface area contributed by atoms with Crippen LogP contribution in [-0.2, 0) is 0 Å². The highest BCUT2D eigenvalue weighted by atomic mass is 35.5. The van der Waals surface area contributed by atoms with Gasteiger partial charge >= 0.3 is 0 Å². The molecule has 0 radical (unpaired) electrons. The number of nitrogens with one attached hydrogen (secondary N) is 1. The first-order valence-corrected chi connectivity index (χ1v) is 9.47. The third-order valence-corrected chi connectivity index (χ3v) is 5.55. The molecule has 3 nitrogen and oxygen atoms in total. The van der Waals surface area contributed by atoms with E-state index in [0.717, 1.165) is 53.4 Å². The molecule has 0 amide bonds. The minimum Gasteiger partial charge on any atom is -0.489 e. The second kappa shape index (κ2) is 6.71. The summed E-state index contributed by atoms with van der Waals surface area (Å²) in [5.74, 6) is 0.937. The smallest absolute Gasteiger partial charge is 0.130 e. The number of fused-ring (bicyclic) bond motifs is 1. The highest BCUT2D eigenvalue weighted by Crippen LogP contribution is 2.40. The van der Waals surface area contributed by atoms with Crippen LogP contribution < -0.4 is 10.1 Å². The lowest BCUT2D eigenvalue weighted by Gasteiger charge is -2.26. The second-order valence-electron chi connectivity index (χ2n) is 6.19. The predicted molar refractivity (Wildman–Crippen MR) is 101 cm³/mol. The number of aryl methyl sites for hydroxylation is 1. The quantitative estimate of drug-likeness (QED) is 0.710. The lowest BCUT2D eigenvalue weighted by molar-refractivity contribution is 0.162. The van der Waals surface area contributed by atoms with Gasteiger partial charge < -0.3 is 10.1 Å². The molecule has 24 heavy (non-hydrogen) atoms. The van der Waals surface area contributed by atoms with E-state index in [4.69, 9.17) is 16.3 Å². The first-order valence-electron chi connectivity index (χ1n) is 8.21. The standard InChI is InChI=1S/C19H19ClN2OS/c1-12-8-13(20)9-16(19(12)23-14-2-5-21-6-3-14)17-10-22-11-18-15(17)4-7-24-18/h4,7-11,14,21H,2-3,5-6H2,1H3. The molecule has 3 aromatic rings. The number of thiophene rings is 1. The second-order valence-corrected chi connectivity index (χ2v) is 7.57. The topological polar surface area (TPSA) is 34.1 Å². The molecule has 4 rings (SSSR count). The summed E-state index contributed by atoms with van der Waals surface area (Å²) in [5, 5.41) is 7.41. The first-order chi connectivity index (χ1) is 11.7. The van der Waals surface area contributed by atoms with Gasteiger partial charge in [0.15, 0.2) is 0 Å². The van der Waals surface area contributed by atoms with Crippen molar-refractivity contribution < 1.29 is 4.74 Å². The van der Waals surface area contributed by atoms with Gasteiger partial charge in [-0.05, 0) is 62.0 Å². The van der Waals surface area contributed by atoms with Gasteiger partial charge in [0.2, 0.25) is 0 Å². The van der Waals surface area contributed by atoms with Gasteiger partial charge in [0, 0.05) is 33.9 Å². The average molecular weight is 359 g/mol. The van der Waals surface area contributed by atoms with E-state index in [9.17, 15) is 0 Å². The molecule has 1 saturated heterocycles. The van der Waals surface area contributed by atoms with Crippen molar-refractivity contribution in [3.05, 3.63) is 46.6 Å². The maximum Gasteiger partial charge on any atom is 0.130 e. The SMILES string of the molecule is Cc1cc(Cl)cc(-c2cncc3sccc23)c1OC1CCNCC1. The van der Waals surface area contributed by atoms with Crippen molar-refractivity contribution in [2.24, 2.45) is 0 Å². The van der Waals surface area contributed by atoms with Crippen molar-refractivity contribution >= 4 is 33.0 Å². The van der Waals surface area contributed by atoms with Gasteiger partial charge in [0.1, 0.15) is 11.9 Å². The van der Waals surface area contributed by atoms with Gasteiger partial charge in [0.05, 0.1) is 4.70 Å². The van der Waals surface area contributed by atoms with Crippen LogP contribution in [0.25, 0.3) is 21.2 Å². The maximum absolute atomic E-state index is 6.43. The molecule has 0 saturated carbocycles. The molecule has 0 aliphatic carbocycles. The molecule has 124 valence electrons. The number of aromatic nitrogens is 1. The zero-order valence-corrected chi connectivity index (χ0v) is 15.1. The van der Waals surface area contributed by atoms with Gasteiger partial charge in [0.25, 0.3) is 0 Å². The third-order valence-electron chi connectivity index (χ3n) is 4.48. The van der Waals surface area contributed by atoms with Gasteiger partial charge in [-0.2, -0.15) is 0 Å². The Morgan fingerprint density at radius 2 is 2.04 bits per heavy atom. The number of benzene rings is 1. The lowest BCUT2D eigenvalue weighted by Crippen LogP contribution is -2.34. The van der Waals surface area contributed by atoms with Crippen LogP contribution in [0.4, 0.5) is 0 Å². The normalized spacial score (nSPS) is 15.8. The van der Waals surface area contributed by atoms with Crippen LogP contribution in [0, 0.1) is 6.92 Å². The Labute approximate surface area is 150 Å². The summed E-state index contributed by atoms with van der Waals surface area (Å²) in [5.41, 5.74) is 3.20. The third kappa shape index (κ3) is 3.02. The Morgan fingerprint density at radius 3 is 2.88 bits per heavy atom. The van der Waals surface area contributed by atoms with Crippen molar-refractivity contribution in [3.63, 3.8) is 0 Å². The number of pyridine rings is 1. The highest BCUT2D eigenvalue weighted by Gasteiger charge is 2.20. The van der Waals surface area contributed by atoms with Crippen LogP contribution in [0.1, 0.15) is 18.4 Å². The molecule has 0 unspecified atom stereocenters. The zero-order valence-electron chi connectivity index (χ0n) is 13.5. The van der Waals surface area contributed by atoms with Gasteiger partial charge in [-0.15, -0.1) is 11.3 Å². The molecule has 1 N–H and O–H groups in total. The van der Waals surface area contributed by atoms with Crippen LogP contribution in [0.2, 0.25) is 5.02 Å². The average Bonchev–Trinajstić information content (AvgIpc) is 3.07. The monoisotopic (exact) mass is 358 g/mol. The van der Waals surface area contributed by atoms with E-state index >= 15 is 0 Å². The summed E-state index contributed by atoms with van der Waals surface area (Å²) in [6.45, 7) is 4.08. The van der Waals surface area contributed by atoms with E-state index in [1.165, 1.54) is 10.1 Å². The van der Waals surface area contributed by atoms with Crippen molar-refractivity contribution in [2.75, 3.05) is 13.1 Å². The molecule has 0 atom stereocenters. The van der Waals surface area contributed by atoms with Crippen molar-refractivity contribution in [2.45, 2.75) is 25.9 Å². The Bertz CT molecular complexity index is 871. The molecule has 0 bridgehead atoms. The largest absolute Gasteiger partial charge is 0.489 e. The van der Waals surface area contributed by atoms with Crippen LogP contribution in [0.3, 0.4) is 0 Å². The lowest BCUT2D eigenvalue weighted by atomic mass is 10.00. The van der Waals surface area contributed by atoms with Gasteiger partial charge in [-0.25, -0.2) is 0 Å². The zero-order chi connectivity index (χ0) is 16.5. The fourth-order valence-electron chi connectivity index (χ4n) is 3.27. The van der Waals surface area contributed by atoms with E-state index in [-0.39, 0.29) is 6.10 Å². The summed E-state index contributed by atoms with van der Waals surface area (Å²) >= 11 is 8.06.